The fraction of sp³-hybridized carbons (Fsp3) is 0.500. The van der Waals surface area contributed by atoms with Gasteiger partial charge in [0.15, 0.2) is 0 Å². The van der Waals surface area contributed by atoms with Crippen molar-refractivity contribution in [2.45, 2.75) is 32.2 Å². The first-order valence-electron chi connectivity index (χ1n) is 11.3. The molecule has 1 aromatic heterocycles. The minimum atomic E-state index is 0.0107. The third-order valence-electron chi connectivity index (χ3n) is 6.34. The number of para-hydroxylation sites is 1. The third kappa shape index (κ3) is 5.53. The topological polar surface area (TPSA) is 55.9 Å². The number of hydrogen-bond acceptors (Lipinski definition) is 5. The Morgan fingerprint density at radius 2 is 1.84 bits per heavy atom. The van der Waals surface area contributed by atoms with Crippen molar-refractivity contribution in [1.29, 1.82) is 0 Å². The zero-order chi connectivity index (χ0) is 21.6. The van der Waals surface area contributed by atoms with Crippen LogP contribution in [0.4, 0.5) is 5.69 Å². The number of nitrogens with one attached hydrogen (secondary N) is 1. The summed E-state index contributed by atoms with van der Waals surface area (Å²) in [6.07, 6.45) is 3.18. The summed E-state index contributed by atoms with van der Waals surface area (Å²) >= 11 is 1.78. The number of rotatable bonds is 7. The summed E-state index contributed by atoms with van der Waals surface area (Å²) in [7, 11) is 0. The Labute approximate surface area is 188 Å². The highest BCUT2D eigenvalue weighted by atomic mass is 32.1. The molecule has 0 spiro atoms. The molecule has 2 aliphatic heterocycles. The Hall–Kier alpha value is -2.22. The highest BCUT2D eigenvalue weighted by Gasteiger charge is 2.30. The van der Waals surface area contributed by atoms with Crippen molar-refractivity contribution in [2.24, 2.45) is 0 Å². The second-order valence-corrected chi connectivity index (χ2v) is 9.34. The summed E-state index contributed by atoms with van der Waals surface area (Å²) < 4.78 is 0. The monoisotopic (exact) mass is 440 g/mol. The summed E-state index contributed by atoms with van der Waals surface area (Å²) in [6.45, 7) is 6.80. The van der Waals surface area contributed by atoms with Crippen molar-refractivity contribution >= 4 is 28.8 Å². The molecule has 7 heteroatoms. The van der Waals surface area contributed by atoms with Gasteiger partial charge in [-0.1, -0.05) is 31.2 Å². The molecule has 1 unspecified atom stereocenters. The van der Waals surface area contributed by atoms with Gasteiger partial charge in [0, 0.05) is 42.8 Å². The van der Waals surface area contributed by atoms with Gasteiger partial charge in [-0.2, -0.15) is 0 Å². The minimum Gasteiger partial charge on any atom is -0.339 e. The SMILES string of the molecule is CCc1ccccc1NC(=O)CN1CCN(C(=O)CN2CCCC2c2cccs2)CC1. The summed E-state index contributed by atoms with van der Waals surface area (Å²) in [5, 5.41) is 5.16. The Morgan fingerprint density at radius 1 is 1.03 bits per heavy atom. The van der Waals surface area contributed by atoms with Crippen molar-refractivity contribution in [3.63, 3.8) is 0 Å². The molecule has 1 aromatic carbocycles. The van der Waals surface area contributed by atoms with Crippen LogP contribution in [-0.2, 0) is 16.0 Å². The van der Waals surface area contributed by atoms with Crippen molar-refractivity contribution in [3.8, 4) is 0 Å². The second kappa shape index (κ2) is 10.4. The molecule has 6 nitrogen and oxygen atoms in total. The predicted octanol–water partition coefficient (Wildman–Crippen LogP) is 3.23. The second-order valence-electron chi connectivity index (χ2n) is 8.36. The molecule has 0 bridgehead atoms. The van der Waals surface area contributed by atoms with Gasteiger partial charge in [-0.3, -0.25) is 19.4 Å². The van der Waals surface area contributed by atoms with E-state index in [1.54, 1.807) is 11.3 Å². The van der Waals surface area contributed by atoms with Gasteiger partial charge in [-0.25, -0.2) is 0 Å². The molecular formula is C24H32N4O2S. The summed E-state index contributed by atoms with van der Waals surface area (Å²) in [6, 6.07) is 12.6. The molecule has 4 rings (SSSR count). The normalized spacial score (nSPS) is 20.2. The molecule has 2 fully saturated rings. The average Bonchev–Trinajstić information content (AvgIpc) is 3.46. The van der Waals surface area contributed by atoms with E-state index in [0.29, 0.717) is 32.2 Å². The molecule has 166 valence electrons. The van der Waals surface area contributed by atoms with Crippen LogP contribution in [0.3, 0.4) is 0 Å². The Bertz CT molecular complexity index is 877. The number of aryl methyl sites for hydroxylation is 1. The van der Waals surface area contributed by atoms with E-state index in [2.05, 4.69) is 39.6 Å². The van der Waals surface area contributed by atoms with Crippen LogP contribution in [0.15, 0.2) is 41.8 Å². The Morgan fingerprint density at radius 3 is 2.58 bits per heavy atom. The quantitative estimate of drug-likeness (QED) is 0.718. The van der Waals surface area contributed by atoms with Gasteiger partial charge in [0.2, 0.25) is 11.8 Å². The maximum Gasteiger partial charge on any atom is 0.238 e. The van der Waals surface area contributed by atoms with Crippen LogP contribution in [0.5, 0.6) is 0 Å². The van der Waals surface area contributed by atoms with E-state index in [0.717, 1.165) is 50.1 Å². The smallest absolute Gasteiger partial charge is 0.238 e. The van der Waals surface area contributed by atoms with Gasteiger partial charge in [0.05, 0.1) is 13.1 Å². The van der Waals surface area contributed by atoms with Gasteiger partial charge in [0.1, 0.15) is 0 Å². The average molecular weight is 441 g/mol. The predicted molar refractivity (Wildman–Crippen MR) is 125 cm³/mol. The van der Waals surface area contributed by atoms with Crippen LogP contribution in [0.25, 0.3) is 0 Å². The first-order chi connectivity index (χ1) is 15.1. The molecule has 1 N–H and O–H groups in total. The van der Waals surface area contributed by atoms with Crippen LogP contribution >= 0.6 is 11.3 Å². The number of anilines is 1. The number of benzene rings is 1. The van der Waals surface area contributed by atoms with E-state index >= 15 is 0 Å². The number of likely N-dealkylation sites (tertiary alicyclic amines) is 1. The lowest BCUT2D eigenvalue weighted by Crippen LogP contribution is -2.52. The molecule has 2 saturated heterocycles. The fourth-order valence-electron chi connectivity index (χ4n) is 4.59. The molecule has 0 radical (unpaired) electrons. The Balaban J connectivity index is 1.23. The maximum absolute atomic E-state index is 12.9. The number of nitrogens with zero attached hydrogens (tertiary/aromatic N) is 3. The van der Waals surface area contributed by atoms with Crippen molar-refractivity contribution < 1.29 is 9.59 Å². The van der Waals surface area contributed by atoms with Crippen LogP contribution < -0.4 is 5.32 Å². The van der Waals surface area contributed by atoms with Gasteiger partial charge in [-0.15, -0.1) is 11.3 Å². The van der Waals surface area contributed by atoms with Crippen molar-refractivity contribution in [2.75, 3.05) is 51.1 Å². The zero-order valence-corrected chi connectivity index (χ0v) is 19.1. The number of thiophene rings is 1. The lowest BCUT2D eigenvalue weighted by Gasteiger charge is -2.35. The summed E-state index contributed by atoms with van der Waals surface area (Å²) in [4.78, 5) is 33.2. The number of piperazine rings is 1. The molecule has 31 heavy (non-hydrogen) atoms. The van der Waals surface area contributed by atoms with Gasteiger partial charge < -0.3 is 10.2 Å². The molecule has 0 aliphatic carbocycles. The van der Waals surface area contributed by atoms with Gasteiger partial charge in [0.25, 0.3) is 0 Å². The third-order valence-corrected chi connectivity index (χ3v) is 7.31. The van der Waals surface area contributed by atoms with Gasteiger partial charge >= 0.3 is 0 Å². The lowest BCUT2D eigenvalue weighted by molar-refractivity contribution is -0.134. The molecule has 2 aliphatic rings. The van der Waals surface area contributed by atoms with E-state index in [-0.39, 0.29) is 11.8 Å². The van der Waals surface area contributed by atoms with Crippen LogP contribution in [0.1, 0.15) is 36.2 Å². The summed E-state index contributed by atoms with van der Waals surface area (Å²) in [5.74, 6) is 0.223. The molecule has 3 heterocycles. The number of carbonyl (C=O) groups excluding carboxylic acids is 2. The first kappa shape index (κ1) is 22.0. The van der Waals surface area contributed by atoms with E-state index in [1.165, 1.54) is 4.88 Å². The molecule has 2 aromatic rings. The molecule has 1 atom stereocenters. The molecular weight excluding hydrogens is 408 g/mol. The maximum atomic E-state index is 12.9. The highest BCUT2D eigenvalue weighted by Crippen LogP contribution is 2.34. The molecule has 0 saturated carbocycles. The first-order valence-corrected chi connectivity index (χ1v) is 12.2. The lowest BCUT2D eigenvalue weighted by atomic mass is 10.1. The van der Waals surface area contributed by atoms with Crippen LogP contribution in [-0.4, -0.2) is 72.3 Å². The number of hydrogen-bond donors (Lipinski definition) is 1. The van der Waals surface area contributed by atoms with Crippen molar-refractivity contribution in [3.05, 3.63) is 52.2 Å². The zero-order valence-electron chi connectivity index (χ0n) is 18.3. The standard InChI is InChI=1S/C24H32N4O2S/c1-2-19-7-3-4-8-20(19)25-23(29)17-26-12-14-27(15-13-26)24(30)18-28-11-5-9-21(28)22-10-6-16-31-22/h3-4,6-8,10,16,21H,2,5,9,11-15,17-18H2,1H3,(H,25,29). The largest absolute Gasteiger partial charge is 0.339 e. The number of carbonyl (C=O) groups is 2. The van der Waals surface area contributed by atoms with E-state index in [9.17, 15) is 9.59 Å². The van der Waals surface area contributed by atoms with Gasteiger partial charge in [-0.05, 0) is 48.9 Å². The van der Waals surface area contributed by atoms with E-state index < -0.39 is 0 Å². The van der Waals surface area contributed by atoms with Crippen LogP contribution in [0, 0.1) is 0 Å². The Kier molecular flexibility index (Phi) is 7.37. The van der Waals surface area contributed by atoms with E-state index in [4.69, 9.17) is 0 Å². The van der Waals surface area contributed by atoms with E-state index in [1.807, 2.05) is 29.2 Å². The fourth-order valence-corrected chi connectivity index (χ4v) is 5.49. The summed E-state index contributed by atoms with van der Waals surface area (Å²) in [5.41, 5.74) is 2.05. The molecule has 2 amide bonds. The van der Waals surface area contributed by atoms with Crippen LogP contribution in [0.2, 0.25) is 0 Å². The number of amides is 2. The van der Waals surface area contributed by atoms with Crippen molar-refractivity contribution in [1.82, 2.24) is 14.7 Å². The minimum absolute atomic E-state index is 0.0107. The highest BCUT2D eigenvalue weighted by molar-refractivity contribution is 7.10.